The van der Waals surface area contributed by atoms with E-state index < -0.39 is 0 Å². The van der Waals surface area contributed by atoms with Crippen molar-refractivity contribution in [2.24, 2.45) is 0 Å². The van der Waals surface area contributed by atoms with Crippen LogP contribution in [0.5, 0.6) is 0 Å². The Morgan fingerprint density at radius 3 is 2.88 bits per heavy atom. The molecule has 1 N–H and O–H groups in total. The molecule has 9 heteroatoms. The number of nitrogens with one attached hydrogen (secondary N) is 1. The molecule has 4 aromatic rings. The Balaban J connectivity index is 1.19. The lowest BCUT2D eigenvalue weighted by Gasteiger charge is -2.37. The predicted octanol–water partition coefficient (Wildman–Crippen LogP) is 2.45. The highest BCUT2D eigenvalue weighted by Crippen LogP contribution is 2.22. The Labute approximate surface area is 189 Å². The molecule has 8 nitrogen and oxygen atoms in total. The quantitative estimate of drug-likeness (QED) is 0.505. The highest BCUT2D eigenvalue weighted by Gasteiger charge is 2.26. The molecule has 0 spiro atoms. The van der Waals surface area contributed by atoms with Gasteiger partial charge in [-0.25, -0.2) is 4.98 Å². The van der Waals surface area contributed by atoms with Crippen LogP contribution in [-0.4, -0.2) is 62.3 Å². The first-order valence-electron chi connectivity index (χ1n) is 10.7. The zero-order valence-corrected chi connectivity index (χ0v) is 18.6. The lowest BCUT2D eigenvalue weighted by Crippen LogP contribution is -2.52. The Bertz CT molecular complexity index is 1320. The minimum Gasteiger partial charge on any atom is -0.324 e. The van der Waals surface area contributed by atoms with E-state index in [9.17, 15) is 9.59 Å². The Morgan fingerprint density at radius 1 is 1.19 bits per heavy atom. The average molecular weight is 449 g/mol. The van der Waals surface area contributed by atoms with Crippen molar-refractivity contribution in [1.82, 2.24) is 24.2 Å². The van der Waals surface area contributed by atoms with Crippen molar-refractivity contribution in [3.05, 3.63) is 70.2 Å². The third-order valence-corrected chi connectivity index (χ3v) is 6.74. The molecule has 0 bridgehead atoms. The SMILES string of the molecule is CC(C(=O)Nc1cccc2ncccc12)N1CCN(Cc2cc(=O)n3ccsc3n2)CC1. The number of hydrogen-bond acceptors (Lipinski definition) is 7. The fourth-order valence-corrected chi connectivity index (χ4v) is 4.86. The zero-order chi connectivity index (χ0) is 22.1. The second kappa shape index (κ2) is 8.78. The number of nitrogens with zero attached hydrogens (tertiary/aromatic N) is 5. The van der Waals surface area contributed by atoms with Crippen molar-refractivity contribution < 1.29 is 4.79 Å². The lowest BCUT2D eigenvalue weighted by atomic mass is 10.1. The van der Waals surface area contributed by atoms with Crippen LogP contribution in [0.25, 0.3) is 15.9 Å². The number of carbonyl (C=O) groups excluding carboxylic acids is 1. The third kappa shape index (κ3) is 4.14. The monoisotopic (exact) mass is 448 g/mol. The first-order chi connectivity index (χ1) is 15.6. The van der Waals surface area contributed by atoms with Gasteiger partial charge in [0.05, 0.1) is 22.9 Å². The summed E-state index contributed by atoms with van der Waals surface area (Å²) >= 11 is 1.46. The normalized spacial score (nSPS) is 16.4. The van der Waals surface area contributed by atoms with E-state index in [4.69, 9.17) is 0 Å². The van der Waals surface area contributed by atoms with E-state index >= 15 is 0 Å². The maximum atomic E-state index is 12.9. The van der Waals surface area contributed by atoms with E-state index in [-0.39, 0.29) is 17.5 Å². The van der Waals surface area contributed by atoms with Gasteiger partial charge in [0.2, 0.25) is 5.91 Å². The van der Waals surface area contributed by atoms with Crippen LogP contribution in [0.1, 0.15) is 12.6 Å². The summed E-state index contributed by atoms with van der Waals surface area (Å²) in [6.45, 7) is 5.79. The Kier molecular flexibility index (Phi) is 5.69. The topological polar surface area (TPSA) is 82.8 Å². The number of piperazine rings is 1. The average Bonchev–Trinajstić information content (AvgIpc) is 3.29. The second-order valence-electron chi connectivity index (χ2n) is 7.99. The summed E-state index contributed by atoms with van der Waals surface area (Å²) in [6, 6.07) is 11.0. The fraction of sp³-hybridized carbons (Fsp3) is 0.304. The number of pyridine rings is 1. The van der Waals surface area contributed by atoms with Gasteiger partial charge in [-0.1, -0.05) is 6.07 Å². The summed E-state index contributed by atoms with van der Waals surface area (Å²) in [7, 11) is 0. The molecule has 0 aliphatic carbocycles. The zero-order valence-electron chi connectivity index (χ0n) is 17.8. The van der Waals surface area contributed by atoms with Gasteiger partial charge >= 0.3 is 0 Å². The van der Waals surface area contributed by atoms with Gasteiger partial charge in [-0.05, 0) is 31.2 Å². The Hall–Kier alpha value is -3.14. The molecule has 1 fully saturated rings. The highest BCUT2D eigenvalue weighted by atomic mass is 32.1. The smallest absolute Gasteiger partial charge is 0.258 e. The van der Waals surface area contributed by atoms with Gasteiger partial charge in [0, 0.05) is 62.0 Å². The maximum Gasteiger partial charge on any atom is 0.258 e. The molecular weight excluding hydrogens is 424 g/mol. The number of aromatic nitrogens is 3. The molecule has 1 aliphatic rings. The van der Waals surface area contributed by atoms with Gasteiger partial charge in [-0.2, -0.15) is 0 Å². The molecule has 1 unspecified atom stereocenters. The second-order valence-corrected chi connectivity index (χ2v) is 8.87. The predicted molar refractivity (Wildman–Crippen MR) is 126 cm³/mol. The van der Waals surface area contributed by atoms with Crippen molar-refractivity contribution in [3.8, 4) is 0 Å². The van der Waals surface area contributed by atoms with Crippen molar-refractivity contribution in [3.63, 3.8) is 0 Å². The molecule has 1 saturated heterocycles. The molecule has 32 heavy (non-hydrogen) atoms. The highest BCUT2D eigenvalue weighted by molar-refractivity contribution is 7.15. The summed E-state index contributed by atoms with van der Waals surface area (Å²) < 4.78 is 1.57. The van der Waals surface area contributed by atoms with Crippen LogP contribution in [0.4, 0.5) is 5.69 Å². The summed E-state index contributed by atoms with van der Waals surface area (Å²) in [5.74, 6) is -0.0207. The van der Waals surface area contributed by atoms with E-state index in [1.807, 2.05) is 42.6 Å². The largest absolute Gasteiger partial charge is 0.324 e. The molecule has 0 saturated carbocycles. The molecule has 1 aliphatic heterocycles. The van der Waals surface area contributed by atoms with Gasteiger partial charge in [0.1, 0.15) is 0 Å². The van der Waals surface area contributed by atoms with E-state index in [0.717, 1.165) is 53.4 Å². The summed E-state index contributed by atoms with van der Waals surface area (Å²) in [4.78, 5) is 39.3. The summed E-state index contributed by atoms with van der Waals surface area (Å²) in [5, 5.41) is 5.88. The first kappa shape index (κ1) is 20.7. The van der Waals surface area contributed by atoms with Crippen LogP contribution in [0.15, 0.2) is 59.0 Å². The van der Waals surface area contributed by atoms with Crippen LogP contribution >= 0.6 is 11.3 Å². The Morgan fingerprint density at radius 2 is 2.03 bits per heavy atom. The van der Waals surface area contributed by atoms with Crippen LogP contribution in [0.3, 0.4) is 0 Å². The van der Waals surface area contributed by atoms with Crippen molar-refractivity contribution in [2.75, 3.05) is 31.5 Å². The molecule has 0 radical (unpaired) electrons. The number of amides is 1. The fourth-order valence-electron chi connectivity index (χ4n) is 4.12. The van der Waals surface area contributed by atoms with Crippen molar-refractivity contribution >= 4 is 38.8 Å². The van der Waals surface area contributed by atoms with Crippen molar-refractivity contribution in [1.29, 1.82) is 0 Å². The van der Waals surface area contributed by atoms with E-state index in [2.05, 4.69) is 25.1 Å². The van der Waals surface area contributed by atoms with Gasteiger partial charge in [-0.3, -0.25) is 28.8 Å². The molecule has 1 aromatic carbocycles. The standard InChI is InChI=1S/C23H24N6O2S/c1-16(22(31)26-20-6-2-5-19-18(20)4-3-7-24-19)28-10-8-27(9-11-28)15-17-14-21(30)29-12-13-32-23(29)25-17/h2-7,12-14,16H,8-11,15H2,1H3,(H,26,31). The van der Waals surface area contributed by atoms with Crippen LogP contribution in [-0.2, 0) is 11.3 Å². The summed E-state index contributed by atoms with van der Waals surface area (Å²) in [5.41, 5.74) is 2.40. The number of carbonyl (C=O) groups is 1. The lowest BCUT2D eigenvalue weighted by molar-refractivity contribution is -0.121. The van der Waals surface area contributed by atoms with Crippen LogP contribution < -0.4 is 10.9 Å². The number of fused-ring (bicyclic) bond motifs is 2. The number of anilines is 1. The van der Waals surface area contributed by atoms with E-state index in [1.54, 1.807) is 22.9 Å². The number of hydrogen-bond donors (Lipinski definition) is 1. The molecular formula is C23H24N6O2S. The minimum atomic E-state index is -0.241. The first-order valence-corrected chi connectivity index (χ1v) is 11.5. The molecule has 4 heterocycles. The maximum absolute atomic E-state index is 12.9. The number of rotatable bonds is 5. The van der Waals surface area contributed by atoms with Crippen LogP contribution in [0.2, 0.25) is 0 Å². The molecule has 1 amide bonds. The van der Waals surface area contributed by atoms with Gasteiger partial charge in [0.25, 0.3) is 5.56 Å². The molecule has 164 valence electrons. The summed E-state index contributed by atoms with van der Waals surface area (Å²) in [6.07, 6.45) is 3.50. The molecule has 1 atom stereocenters. The van der Waals surface area contributed by atoms with Gasteiger partial charge in [0.15, 0.2) is 4.96 Å². The number of thiazole rings is 1. The third-order valence-electron chi connectivity index (χ3n) is 5.98. The van der Waals surface area contributed by atoms with Crippen LogP contribution in [0, 0.1) is 0 Å². The van der Waals surface area contributed by atoms with Gasteiger partial charge < -0.3 is 5.32 Å². The molecule has 5 rings (SSSR count). The van der Waals surface area contributed by atoms with E-state index in [0.29, 0.717) is 6.54 Å². The van der Waals surface area contributed by atoms with E-state index in [1.165, 1.54) is 11.3 Å². The van der Waals surface area contributed by atoms with Gasteiger partial charge in [-0.15, -0.1) is 11.3 Å². The van der Waals surface area contributed by atoms with Crippen molar-refractivity contribution in [2.45, 2.75) is 19.5 Å². The number of benzene rings is 1. The molecule has 3 aromatic heterocycles. The minimum absolute atomic E-state index is 0.0207.